The number of nitrogens with one attached hydrogen (secondary N) is 1. The van der Waals surface area contributed by atoms with Crippen molar-refractivity contribution in [2.24, 2.45) is 5.41 Å². The van der Waals surface area contributed by atoms with Gasteiger partial charge in [0.2, 0.25) is 11.8 Å². The number of amides is 1. The summed E-state index contributed by atoms with van der Waals surface area (Å²) in [5.74, 6) is -0.560. The van der Waals surface area contributed by atoms with E-state index in [0.717, 1.165) is 38.2 Å². The first-order valence-corrected chi connectivity index (χ1v) is 9.34. The molecular formula is C18H20F3N5O3. The summed E-state index contributed by atoms with van der Waals surface area (Å²) in [6.45, 7) is 3.24. The molecule has 29 heavy (non-hydrogen) atoms. The lowest BCUT2D eigenvalue weighted by Gasteiger charge is -2.33. The molecule has 8 nitrogen and oxygen atoms in total. The largest absolute Gasteiger partial charge is 0.574 e. The van der Waals surface area contributed by atoms with Crippen molar-refractivity contribution in [2.45, 2.75) is 45.0 Å². The predicted octanol–water partition coefficient (Wildman–Crippen LogP) is 3.23. The Morgan fingerprint density at radius 2 is 1.97 bits per heavy atom. The van der Waals surface area contributed by atoms with Crippen LogP contribution in [0.1, 0.15) is 32.6 Å². The first-order valence-electron chi connectivity index (χ1n) is 9.34. The van der Waals surface area contributed by atoms with E-state index in [2.05, 4.69) is 25.2 Å². The lowest BCUT2D eigenvalue weighted by Crippen LogP contribution is -2.45. The van der Waals surface area contributed by atoms with E-state index in [1.807, 2.05) is 4.90 Å². The second kappa shape index (κ2) is 7.20. The summed E-state index contributed by atoms with van der Waals surface area (Å²) in [5, 5.41) is 10.6. The lowest BCUT2D eigenvalue weighted by atomic mass is 9.93. The number of hydrogen-bond acceptors (Lipinski definition) is 7. The van der Waals surface area contributed by atoms with Crippen LogP contribution in [0.25, 0.3) is 11.5 Å². The van der Waals surface area contributed by atoms with Crippen LogP contribution in [0.2, 0.25) is 0 Å². The van der Waals surface area contributed by atoms with Crippen molar-refractivity contribution in [1.82, 2.24) is 20.1 Å². The number of carbonyl (C=O) groups excluding carboxylic acids is 1. The summed E-state index contributed by atoms with van der Waals surface area (Å²) in [4.78, 5) is 18.0. The standard InChI is InChI=1S/C18H20F3N5O3/c1-11(15(27)26-8-6-17(4-5-17)7-9-26)23-16-25-24-14(28-16)12-2-3-13(22-10-12)29-18(19,20)21/h2-3,10-11H,4-9H2,1H3,(H,23,25)/t11-/m0/s1. The Morgan fingerprint density at radius 1 is 1.24 bits per heavy atom. The SMILES string of the molecule is C[C@H](Nc1nnc(-c2ccc(OC(F)(F)F)nc2)o1)C(=O)N1CCC2(CC1)CC2. The van der Waals surface area contributed by atoms with Crippen molar-refractivity contribution in [1.29, 1.82) is 0 Å². The van der Waals surface area contributed by atoms with Gasteiger partial charge in [-0.15, -0.1) is 18.3 Å². The van der Waals surface area contributed by atoms with E-state index in [0.29, 0.717) is 11.0 Å². The highest BCUT2D eigenvalue weighted by molar-refractivity contribution is 5.83. The molecule has 1 spiro atoms. The monoisotopic (exact) mass is 411 g/mol. The molecule has 0 aromatic carbocycles. The highest BCUT2D eigenvalue weighted by Gasteiger charge is 2.45. The lowest BCUT2D eigenvalue weighted by molar-refractivity contribution is -0.276. The number of aromatic nitrogens is 3. The molecule has 1 atom stereocenters. The molecule has 0 bridgehead atoms. The zero-order chi connectivity index (χ0) is 20.6. The minimum atomic E-state index is -4.81. The third-order valence-electron chi connectivity index (χ3n) is 5.43. The van der Waals surface area contributed by atoms with Gasteiger partial charge in [-0.25, -0.2) is 4.98 Å². The Morgan fingerprint density at radius 3 is 2.55 bits per heavy atom. The summed E-state index contributed by atoms with van der Waals surface area (Å²) < 4.78 is 45.7. The van der Waals surface area contributed by atoms with Crippen molar-refractivity contribution in [3.63, 3.8) is 0 Å². The number of pyridine rings is 1. The van der Waals surface area contributed by atoms with Crippen LogP contribution in [0.5, 0.6) is 5.88 Å². The zero-order valence-electron chi connectivity index (χ0n) is 15.7. The predicted molar refractivity (Wildman–Crippen MR) is 94.8 cm³/mol. The smallest absolute Gasteiger partial charge is 0.403 e. The van der Waals surface area contributed by atoms with Crippen LogP contribution >= 0.6 is 0 Å². The van der Waals surface area contributed by atoms with Gasteiger partial charge in [0.15, 0.2) is 0 Å². The molecule has 1 saturated heterocycles. The molecule has 11 heteroatoms. The van der Waals surface area contributed by atoms with Crippen molar-refractivity contribution >= 4 is 11.9 Å². The van der Waals surface area contributed by atoms with Crippen molar-refractivity contribution in [3.05, 3.63) is 18.3 Å². The van der Waals surface area contributed by atoms with Crippen molar-refractivity contribution < 1.29 is 27.1 Å². The second-order valence-electron chi connectivity index (χ2n) is 7.54. The summed E-state index contributed by atoms with van der Waals surface area (Å²) >= 11 is 0. The zero-order valence-corrected chi connectivity index (χ0v) is 15.7. The molecule has 1 N–H and O–H groups in total. The Hall–Kier alpha value is -2.85. The van der Waals surface area contributed by atoms with Gasteiger partial charge in [-0.1, -0.05) is 5.10 Å². The Bertz CT molecular complexity index is 870. The number of anilines is 1. The van der Waals surface area contributed by atoms with Crippen molar-refractivity contribution in [3.8, 4) is 17.3 Å². The van der Waals surface area contributed by atoms with Gasteiger partial charge in [0.1, 0.15) is 6.04 Å². The number of carbonyl (C=O) groups is 1. The third-order valence-corrected chi connectivity index (χ3v) is 5.43. The molecule has 1 aliphatic carbocycles. The highest BCUT2D eigenvalue weighted by atomic mass is 19.4. The number of halogens is 3. The minimum absolute atomic E-state index is 0.0319. The van der Waals surface area contributed by atoms with E-state index in [1.165, 1.54) is 18.9 Å². The average molecular weight is 411 g/mol. The van der Waals surface area contributed by atoms with Crippen LogP contribution in [0.3, 0.4) is 0 Å². The fourth-order valence-electron chi connectivity index (χ4n) is 3.48. The fourth-order valence-corrected chi connectivity index (χ4v) is 3.48. The van der Waals surface area contributed by atoms with Gasteiger partial charge in [0, 0.05) is 25.4 Å². The summed E-state index contributed by atoms with van der Waals surface area (Å²) in [5.41, 5.74) is 0.814. The normalized spacial score (nSPS) is 19.1. The molecule has 4 rings (SSSR count). The van der Waals surface area contributed by atoms with Crippen LogP contribution < -0.4 is 10.1 Å². The van der Waals surface area contributed by atoms with Gasteiger partial charge in [-0.05, 0) is 44.1 Å². The van der Waals surface area contributed by atoms with Crippen LogP contribution in [-0.2, 0) is 4.79 Å². The quantitative estimate of drug-likeness (QED) is 0.807. The summed E-state index contributed by atoms with van der Waals surface area (Å²) in [6.07, 6.45) is 0.965. The molecule has 2 aliphatic rings. The van der Waals surface area contributed by atoms with Gasteiger partial charge in [0.25, 0.3) is 5.89 Å². The van der Waals surface area contributed by atoms with E-state index in [4.69, 9.17) is 4.42 Å². The number of hydrogen-bond donors (Lipinski definition) is 1. The molecule has 1 aliphatic heterocycles. The maximum atomic E-state index is 12.6. The number of likely N-dealkylation sites (tertiary alicyclic amines) is 1. The Labute approximate surface area is 164 Å². The van der Waals surface area contributed by atoms with Gasteiger partial charge >= 0.3 is 12.4 Å². The van der Waals surface area contributed by atoms with Gasteiger partial charge in [0.05, 0.1) is 5.56 Å². The van der Waals surface area contributed by atoms with E-state index in [-0.39, 0.29) is 17.8 Å². The summed E-state index contributed by atoms with van der Waals surface area (Å²) in [7, 11) is 0. The topological polar surface area (TPSA) is 93.4 Å². The maximum Gasteiger partial charge on any atom is 0.574 e. The van der Waals surface area contributed by atoms with Crippen LogP contribution in [0.4, 0.5) is 19.2 Å². The average Bonchev–Trinajstić information content (AvgIpc) is 3.26. The van der Waals surface area contributed by atoms with Gasteiger partial charge in [-0.2, -0.15) is 0 Å². The molecular weight excluding hydrogens is 391 g/mol. The molecule has 0 unspecified atom stereocenters. The highest BCUT2D eigenvalue weighted by Crippen LogP contribution is 2.53. The second-order valence-corrected chi connectivity index (χ2v) is 7.54. The first-order chi connectivity index (χ1) is 13.7. The fraction of sp³-hybridized carbons (Fsp3) is 0.556. The van der Waals surface area contributed by atoms with Gasteiger partial charge in [-0.3, -0.25) is 4.79 Å². The minimum Gasteiger partial charge on any atom is -0.403 e. The first kappa shape index (κ1) is 19.5. The molecule has 1 saturated carbocycles. The summed E-state index contributed by atoms with van der Waals surface area (Å²) in [6, 6.07) is 1.88. The van der Waals surface area contributed by atoms with E-state index in [1.54, 1.807) is 6.92 Å². The third kappa shape index (κ3) is 4.60. The molecule has 156 valence electrons. The van der Waals surface area contributed by atoms with E-state index in [9.17, 15) is 18.0 Å². The van der Waals surface area contributed by atoms with E-state index < -0.39 is 18.3 Å². The Kier molecular flexibility index (Phi) is 4.83. The number of ether oxygens (including phenoxy) is 1. The van der Waals surface area contributed by atoms with Gasteiger partial charge < -0.3 is 19.4 Å². The van der Waals surface area contributed by atoms with E-state index >= 15 is 0 Å². The molecule has 2 aromatic heterocycles. The molecule has 2 fully saturated rings. The number of piperidine rings is 1. The Balaban J connectivity index is 1.34. The molecule has 1 amide bonds. The van der Waals surface area contributed by atoms with Crippen LogP contribution in [-0.4, -0.2) is 51.5 Å². The maximum absolute atomic E-state index is 12.6. The number of alkyl halides is 3. The molecule has 3 heterocycles. The van der Waals surface area contributed by atoms with Crippen LogP contribution in [0, 0.1) is 5.41 Å². The molecule has 2 aromatic rings. The molecule has 0 radical (unpaired) electrons. The number of nitrogens with zero attached hydrogens (tertiary/aromatic N) is 4. The van der Waals surface area contributed by atoms with Crippen LogP contribution in [0.15, 0.2) is 22.7 Å². The van der Waals surface area contributed by atoms with Crippen molar-refractivity contribution in [2.75, 3.05) is 18.4 Å². The number of rotatable bonds is 5.